The standard InChI is InChI=1S/C11H21N3O3/c1-3-9(10(12)13-16)11(15)14-5-4-8(6-14)7-17-2/h8-9,16H,3-7H2,1-2H3,(H2,12,13). The average molecular weight is 243 g/mol. The number of ether oxygens (including phenoxy) is 1. The topological polar surface area (TPSA) is 88.2 Å². The lowest BCUT2D eigenvalue weighted by atomic mass is 10.0. The Kier molecular flexibility index (Phi) is 5.21. The van der Waals surface area contributed by atoms with Crippen LogP contribution in [-0.2, 0) is 9.53 Å². The Bertz CT molecular complexity index is 294. The minimum atomic E-state index is -0.513. The van der Waals surface area contributed by atoms with Gasteiger partial charge in [-0.05, 0) is 12.8 Å². The highest BCUT2D eigenvalue weighted by molar-refractivity contribution is 6.02. The molecule has 1 amide bonds. The highest BCUT2D eigenvalue weighted by Gasteiger charge is 2.31. The van der Waals surface area contributed by atoms with E-state index < -0.39 is 5.92 Å². The van der Waals surface area contributed by atoms with Gasteiger partial charge in [0.2, 0.25) is 5.91 Å². The highest BCUT2D eigenvalue weighted by atomic mass is 16.5. The maximum absolute atomic E-state index is 12.1. The normalized spacial score (nSPS) is 22.8. The van der Waals surface area contributed by atoms with E-state index in [4.69, 9.17) is 15.7 Å². The van der Waals surface area contributed by atoms with Crippen molar-refractivity contribution in [2.24, 2.45) is 22.7 Å². The van der Waals surface area contributed by atoms with Crippen LogP contribution in [0.3, 0.4) is 0 Å². The molecule has 1 heterocycles. The van der Waals surface area contributed by atoms with Gasteiger partial charge < -0.3 is 20.6 Å². The van der Waals surface area contributed by atoms with Crippen molar-refractivity contribution in [1.82, 2.24) is 4.90 Å². The van der Waals surface area contributed by atoms with Crippen LogP contribution in [0.4, 0.5) is 0 Å². The van der Waals surface area contributed by atoms with E-state index in [1.54, 1.807) is 12.0 Å². The zero-order valence-corrected chi connectivity index (χ0v) is 10.4. The van der Waals surface area contributed by atoms with E-state index >= 15 is 0 Å². The average Bonchev–Trinajstić information content (AvgIpc) is 2.78. The van der Waals surface area contributed by atoms with E-state index in [9.17, 15) is 4.79 Å². The van der Waals surface area contributed by atoms with Gasteiger partial charge in [-0.1, -0.05) is 12.1 Å². The number of amidine groups is 1. The molecule has 98 valence electrons. The van der Waals surface area contributed by atoms with Crippen LogP contribution in [0.1, 0.15) is 19.8 Å². The Labute approximate surface area is 101 Å². The van der Waals surface area contributed by atoms with Crippen LogP contribution in [0.5, 0.6) is 0 Å². The minimum absolute atomic E-state index is 0.00677. The Morgan fingerprint density at radius 1 is 1.71 bits per heavy atom. The fraction of sp³-hybridized carbons (Fsp3) is 0.818. The number of methoxy groups -OCH3 is 1. The maximum Gasteiger partial charge on any atom is 0.233 e. The molecule has 6 nitrogen and oxygen atoms in total. The van der Waals surface area contributed by atoms with E-state index in [2.05, 4.69) is 5.16 Å². The third kappa shape index (κ3) is 3.33. The summed E-state index contributed by atoms with van der Waals surface area (Å²) in [6, 6.07) is 0. The number of hydrogen-bond acceptors (Lipinski definition) is 4. The Morgan fingerprint density at radius 2 is 2.41 bits per heavy atom. The summed E-state index contributed by atoms with van der Waals surface area (Å²) in [5.41, 5.74) is 5.52. The van der Waals surface area contributed by atoms with Crippen molar-refractivity contribution in [3.8, 4) is 0 Å². The molecule has 6 heteroatoms. The second-order valence-electron chi connectivity index (χ2n) is 4.38. The summed E-state index contributed by atoms with van der Waals surface area (Å²) >= 11 is 0. The first-order chi connectivity index (χ1) is 8.13. The number of rotatable bonds is 5. The van der Waals surface area contributed by atoms with E-state index in [0.717, 1.165) is 13.0 Å². The van der Waals surface area contributed by atoms with Crippen molar-refractivity contribution in [2.45, 2.75) is 19.8 Å². The summed E-state index contributed by atoms with van der Waals surface area (Å²) in [4.78, 5) is 13.9. The van der Waals surface area contributed by atoms with Crippen LogP contribution in [-0.4, -0.2) is 48.7 Å². The van der Waals surface area contributed by atoms with Crippen LogP contribution in [0, 0.1) is 11.8 Å². The molecule has 1 fully saturated rings. The molecule has 0 aromatic heterocycles. The van der Waals surface area contributed by atoms with Crippen molar-refractivity contribution in [3.63, 3.8) is 0 Å². The summed E-state index contributed by atoms with van der Waals surface area (Å²) in [7, 11) is 1.66. The van der Waals surface area contributed by atoms with E-state index in [1.165, 1.54) is 0 Å². The molecule has 1 saturated heterocycles. The van der Waals surface area contributed by atoms with Gasteiger partial charge in [-0.3, -0.25) is 4.79 Å². The molecule has 0 spiro atoms. The molecule has 0 saturated carbocycles. The Morgan fingerprint density at radius 3 is 2.94 bits per heavy atom. The summed E-state index contributed by atoms with van der Waals surface area (Å²) < 4.78 is 5.08. The second-order valence-corrected chi connectivity index (χ2v) is 4.38. The summed E-state index contributed by atoms with van der Waals surface area (Å²) in [6.45, 7) is 3.94. The van der Waals surface area contributed by atoms with E-state index in [0.29, 0.717) is 25.5 Å². The van der Waals surface area contributed by atoms with Crippen LogP contribution < -0.4 is 5.73 Å². The van der Waals surface area contributed by atoms with Crippen molar-refractivity contribution in [3.05, 3.63) is 0 Å². The fourth-order valence-electron chi connectivity index (χ4n) is 2.20. The third-order valence-corrected chi connectivity index (χ3v) is 3.18. The maximum atomic E-state index is 12.1. The van der Waals surface area contributed by atoms with Gasteiger partial charge in [0.15, 0.2) is 5.84 Å². The van der Waals surface area contributed by atoms with Gasteiger partial charge in [-0.25, -0.2) is 0 Å². The number of oxime groups is 1. The molecule has 2 atom stereocenters. The summed E-state index contributed by atoms with van der Waals surface area (Å²) in [5.74, 6) is -0.177. The molecule has 1 aliphatic heterocycles. The van der Waals surface area contributed by atoms with Crippen molar-refractivity contribution < 1.29 is 14.7 Å². The number of carbonyl (C=O) groups is 1. The predicted octanol–water partition coefficient (Wildman–Crippen LogP) is 0.254. The molecule has 0 bridgehead atoms. The van der Waals surface area contributed by atoms with Crippen molar-refractivity contribution in [2.75, 3.05) is 26.8 Å². The molecule has 0 aliphatic carbocycles. The summed E-state index contributed by atoms with van der Waals surface area (Å²) in [5, 5.41) is 11.6. The molecular formula is C11H21N3O3. The largest absolute Gasteiger partial charge is 0.409 e. The van der Waals surface area contributed by atoms with E-state index in [-0.39, 0.29) is 11.7 Å². The lowest BCUT2D eigenvalue weighted by Gasteiger charge is -2.21. The smallest absolute Gasteiger partial charge is 0.233 e. The zero-order chi connectivity index (χ0) is 12.8. The molecule has 1 rings (SSSR count). The number of hydrogen-bond donors (Lipinski definition) is 2. The van der Waals surface area contributed by atoms with Crippen LogP contribution in [0.25, 0.3) is 0 Å². The number of likely N-dealkylation sites (tertiary alicyclic amines) is 1. The first-order valence-corrected chi connectivity index (χ1v) is 5.89. The number of amides is 1. The second kappa shape index (κ2) is 6.44. The quantitative estimate of drug-likeness (QED) is 0.313. The van der Waals surface area contributed by atoms with Gasteiger partial charge in [0, 0.05) is 26.1 Å². The zero-order valence-electron chi connectivity index (χ0n) is 10.4. The molecular weight excluding hydrogens is 222 g/mol. The number of nitrogens with two attached hydrogens (primary N) is 1. The molecule has 0 aromatic carbocycles. The Balaban J connectivity index is 2.58. The van der Waals surface area contributed by atoms with E-state index in [1.807, 2.05) is 6.92 Å². The first-order valence-electron chi connectivity index (χ1n) is 5.89. The van der Waals surface area contributed by atoms with Gasteiger partial charge >= 0.3 is 0 Å². The van der Waals surface area contributed by atoms with Crippen LogP contribution in [0.2, 0.25) is 0 Å². The van der Waals surface area contributed by atoms with Gasteiger partial charge in [0.1, 0.15) is 0 Å². The summed E-state index contributed by atoms with van der Waals surface area (Å²) in [6.07, 6.45) is 1.49. The van der Waals surface area contributed by atoms with Gasteiger partial charge in [0.05, 0.1) is 12.5 Å². The number of carbonyl (C=O) groups excluding carboxylic acids is 1. The van der Waals surface area contributed by atoms with Gasteiger partial charge in [-0.15, -0.1) is 0 Å². The molecule has 17 heavy (non-hydrogen) atoms. The first kappa shape index (κ1) is 13.8. The van der Waals surface area contributed by atoms with Crippen LogP contribution >= 0.6 is 0 Å². The lowest BCUT2D eigenvalue weighted by Crippen LogP contribution is -2.40. The highest BCUT2D eigenvalue weighted by Crippen LogP contribution is 2.19. The van der Waals surface area contributed by atoms with Gasteiger partial charge in [0.25, 0.3) is 0 Å². The molecule has 0 radical (unpaired) electrons. The number of nitrogens with zero attached hydrogens (tertiary/aromatic N) is 2. The van der Waals surface area contributed by atoms with Crippen LogP contribution in [0.15, 0.2) is 5.16 Å². The predicted molar refractivity (Wildman–Crippen MR) is 63.8 cm³/mol. The fourth-order valence-corrected chi connectivity index (χ4v) is 2.20. The molecule has 3 N–H and O–H groups in total. The lowest BCUT2D eigenvalue weighted by molar-refractivity contribution is -0.132. The van der Waals surface area contributed by atoms with Crippen molar-refractivity contribution in [1.29, 1.82) is 0 Å². The Hall–Kier alpha value is -1.30. The molecule has 2 unspecified atom stereocenters. The molecule has 1 aliphatic rings. The van der Waals surface area contributed by atoms with Gasteiger partial charge in [-0.2, -0.15) is 0 Å². The van der Waals surface area contributed by atoms with Crippen molar-refractivity contribution >= 4 is 11.7 Å². The SMILES string of the molecule is CCC(C(=O)N1CCC(COC)C1)C(N)=NO. The minimum Gasteiger partial charge on any atom is -0.409 e. The molecule has 0 aromatic rings. The third-order valence-electron chi connectivity index (χ3n) is 3.18. The monoisotopic (exact) mass is 243 g/mol.